The first kappa shape index (κ1) is 25.5. The van der Waals surface area contributed by atoms with Gasteiger partial charge in [-0.3, -0.25) is 9.78 Å². The summed E-state index contributed by atoms with van der Waals surface area (Å²) in [5.74, 6) is 0.553. The van der Waals surface area contributed by atoms with Gasteiger partial charge in [0.15, 0.2) is 11.6 Å². The van der Waals surface area contributed by atoms with Crippen LogP contribution in [0.15, 0.2) is 53.3 Å². The van der Waals surface area contributed by atoms with Crippen LogP contribution in [0.4, 0.5) is 4.39 Å². The molecule has 3 aromatic heterocycles. The lowest BCUT2D eigenvalue weighted by Crippen LogP contribution is -2.24. The molecule has 0 bridgehead atoms. The zero-order valence-electron chi connectivity index (χ0n) is 20.5. The third-order valence-electron chi connectivity index (χ3n) is 5.58. The summed E-state index contributed by atoms with van der Waals surface area (Å²) >= 11 is 0. The van der Waals surface area contributed by atoms with Gasteiger partial charge in [0.05, 0.1) is 36.0 Å². The van der Waals surface area contributed by atoms with E-state index >= 15 is 0 Å². The molecule has 9 nitrogen and oxygen atoms in total. The van der Waals surface area contributed by atoms with Crippen molar-refractivity contribution in [3.63, 3.8) is 0 Å². The number of nitrogens with one attached hydrogen (secondary N) is 2. The van der Waals surface area contributed by atoms with Gasteiger partial charge < -0.3 is 24.4 Å². The van der Waals surface area contributed by atoms with E-state index in [9.17, 15) is 9.18 Å². The molecule has 0 aliphatic carbocycles. The third kappa shape index (κ3) is 6.73. The van der Waals surface area contributed by atoms with E-state index in [1.54, 1.807) is 0 Å². The number of benzene rings is 1. The van der Waals surface area contributed by atoms with Crippen LogP contribution in [0.25, 0.3) is 11.0 Å². The number of fused-ring (bicyclic) bond motifs is 1. The smallest absolute Gasteiger partial charge is 0.273 e. The van der Waals surface area contributed by atoms with Gasteiger partial charge in [0.2, 0.25) is 0 Å². The molecular weight excluding hydrogens is 463 g/mol. The Hall–Kier alpha value is -3.63. The number of halogens is 1. The van der Waals surface area contributed by atoms with Gasteiger partial charge in [-0.1, -0.05) is 12.1 Å². The monoisotopic (exact) mass is 494 g/mol. The summed E-state index contributed by atoms with van der Waals surface area (Å²) in [7, 11) is 0. The van der Waals surface area contributed by atoms with Crippen LogP contribution in [0.1, 0.15) is 41.7 Å². The van der Waals surface area contributed by atoms with Crippen molar-refractivity contribution in [3.05, 3.63) is 77.8 Å². The summed E-state index contributed by atoms with van der Waals surface area (Å²) in [6.45, 7) is 6.80. The summed E-state index contributed by atoms with van der Waals surface area (Å²) in [6.07, 6.45) is 4.26. The van der Waals surface area contributed by atoms with E-state index in [-0.39, 0.29) is 24.0 Å². The molecule has 0 spiro atoms. The first-order valence-electron chi connectivity index (χ1n) is 12.1. The second kappa shape index (κ2) is 12.4. The minimum Gasteiger partial charge on any atom is -0.448 e. The average Bonchev–Trinajstić information content (AvgIpc) is 3.48. The molecule has 1 aromatic carbocycles. The maximum absolute atomic E-state index is 13.7. The highest BCUT2D eigenvalue weighted by Crippen LogP contribution is 2.16. The molecule has 4 aromatic rings. The fourth-order valence-corrected chi connectivity index (χ4v) is 3.80. The zero-order chi connectivity index (χ0) is 25.3. The van der Waals surface area contributed by atoms with Crippen LogP contribution >= 0.6 is 0 Å². The maximum atomic E-state index is 13.7. The van der Waals surface area contributed by atoms with Gasteiger partial charge in [0, 0.05) is 38.7 Å². The Kier molecular flexibility index (Phi) is 8.75. The molecule has 10 heteroatoms. The highest BCUT2D eigenvalue weighted by atomic mass is 19.1. The predicted molar refractivity (Wildman–Crippen MR) is 133 cm³/mol. The van der Waals surface area contributed by atoms with Crippen LogP contribution in [0, 0.1) is 5.82 Å². The molecule has 3 heterocycles. The number of nitrogens with zero attached hydrogens (tertiary/aromatic N) is 4. The Labute approximate surface area is 209 Å². The molecule has 190 valence electrons. The molecule has 0 atom stereocenters. The predicted octanol–water partition coefficient (Wildman–Crippen LogP) is 3.29. The molecule has 0 aliphatic rings. The van der Waals surface area contributed by atoms with Crippen molar-refractivity contribution >= 4 is 16.9 Å². The lowest BCUT2D eigenvalue weighted by Gasteiger charge is -2.12. The molecule has 0 saturated heterocycles. The van der Waals surface area contributed by atoms with Gasteiger partial charge >= 0.3 is 0 Å². The topological polar surface area (TPSA) is 107 Å². The molecule has 0 radical (unpaired) electrons. The highest BCUT2D eigenvalue weighted by molar-refractivity contribution is 5.91. The molecule has 0 unspecified atom stereocenters. The van der Waals surface area contributed by atoms with E-state index in [1.807, 2.05) is 32.0 Å². The number of rotatable bonds is 13. The number of hydrogen-bond donors (Lipinski definition) is 2. The summed E-state index contributed by atoms with van der Waals surface area (Å²) in [6, 6.07) is 10.9. The number of oxazole rings is 1. The molecule has 4 rings (SSSR count). The minimum atomic E-state index is -0.468. The second-order valence-corrected chi connectivity index (χ2v) is 8.58. The van der Waals surface area contributed by atoms with Gasteiger partial charge in [0.1, 0.15) is 17.9 Å². The van der Waals surface area contributed by atoms with Crippen LogP contribution in [0.3, 0.4) is 0 Å². The van der Waals surface area contributed by atoms with Gasteiger partial charge in [0.25, 0.3) is 5.91 Å². The number of ether oxygens (including phenoxy) is 1. The summed E-state index contributed by atoms with van der Waals surface area (Å²) in [5.41, 5.74) is 2.41. The zero-order valence-corrected chi connectivity index (χ0v) is 20.5. The summed E-state index contributed by atoms with van der Waals surface area (Å²) in [5, 5.41) is 5.99. The Balaban J connectivity index is 1.23. The SMILES string of the molecule is CC(C)OCCn1c(CCNCCc2nc(C(=O)NCc3ncccc3F)co2)nc2ccccc21. The van der Waals surface area contributed by atoms with E-state index in [0.717, 1.165) is 36.4 Å². The number of imidazole rings is 1. The number of aromatic nitrogens is 4. The Bertz CT molecular complexity index is 1290. The molecular formula is C26H31FN6O3. The van der Waals surface area contributed by atoms with E-state index in [0.29, 0.717) is 25.5 Å². The number of para-hydroxylation sites is 2. The van der Waals surface area contributed by atoms with Gasteiger partial charge in [-0.2, -0.15) is 0 Å². The van der Waals surface area contributed by atoms with E-state index in [1.165, 1.54) is 24.6 Å². The first-order valence-corrected chi connectivity index (χ1v) is 12.1. The lowest BCUT2D eigenvalue weighted by atomic mass is 10.3. The van der Waals surface area contributed by atoms with Crippen LogP contribution in [0.2, 0.25) is 0 Å². The van der Waals surface area contributed by atoms with Crippen molar-refractivity contribution in [2.75, 3.05) is 19.7 Å². The van der Waals surface area contributed by atoms with Crippen LogP contribution in [-0.4, -0.2) is 51.2 Å². The number of amides is 1. The van der Waals surface area contributed by atoms with E-state index in [4.69, 9.17) is 14.1 Å². The van der Waals surface area contributed by atoms with Crippen molar-refractivity contribution in [2.45, 2.75) is 45.9 Å². The minimum absolute atomic E-state index is 0.0242. The van der Waals surface area contributed by atoms with Crippen molar-refractivity contribution in [1.29, 1.82) is 0 Å². The molecule has 2 N–H and O–H groups in total. The third-order valence-corrected chi connectivity index (χ3v) is 5.58. The number of pyridine rings is 1. The van der Waals surface area contributed by atoms with Gasteiger partial charge in [-0.25, -0.2) is 14.4 Å². The van der Waals surface area contributed by atoms with Crippen molar-refractivity contribution < 1.29 is 18.3 Å². The van der Waals surface area contributed by atoms with Gasteiger partial charge in [-0.15, -0.1) is 0 Å². The first-order chi connectivity index (χ1) is 17.5. The quantitative estimate of drug-likeness (QED) is 0.275. The normalized spacial score (nSPS) is 11.4. The second-order valence-electron chi connectivity index (χ2n) is 8.58. The molecule has 36 heavy (non-hydrogen) atoms. The molecule has 1 amide bonds. The molecule has 0 fully saturated rings. The largest absolute Gasteiger partial charge is 0.448 e. The van der Waals surface area contributed by atoms with Gasteiger partial charge in [-0.05, 0) is 38.1 Å². The number of carbonyl (C=O) groups is 1. The molecule has 0 aliphatic heterocycles. The number of carbonyl (C=O) groups excluding carboxylic acids is 1. The van der Waals surface area contributed by atoms with Crippen LogP contribution in [-0.2, 0) is 30.7 Å². The average molecular weight is 495 g/mol. The summed E-state index contributed by atoms with van der Waals surface area (Å²) in [4.78, 5) is 25.2. The standard InChI is InChI=1S/C26H31FN6O3/c1-18(2)35-15-14-33-23-8-4-3-7-20(23)31-24(33)9-12-28-13-10-25-32-22(17-36-25)26(34)30-16-21-19(27)6-5-11-29-21/h3-8,11,17-18,28H,9-10,12-16H2,1-2H3,(H,30,34). The Morgan fingerprint density at radius 1 is 1.14 bits per heavy atom. The summed E-state index contributed by atoms with van der Waals surface area (Å²) < 4.78 is 27.0. The van der Waals surface area contributed by atoms with Crippen molar-refractivity contribution in [1.82, 2.24) is 30.2 Å². The Morgan fingerprint density at radius 2 is 1.97 bits per heavy atom. The van der Waals surface area contributed by atoms with Crippen LogP contribution < -0.4 is 10.6 Å². The van der Waals surface area contributed by atoms with Crippen molar-refractivity contribution in [3.8, 4) is 0 Å². The fourth-order valence-electron chi connectivity index (χ4n) is 3.80. The lowest BCUT2D eigenvalue weighted by molar-refractivity contribution is 0.0729. The molecule has 0 saturated carbocycles. The Morgan fingerprint density at radius 3 is 2.81 bits per heavy atom. The van der Waals surface area contributed by atoms with E-state index in [2.05, 4.69) is 31.2 Å². The number of hydrogen-bond acceptors (Lipinski definition) is 7. The maximum Gasteiger partial charge on any atom is 0.273 e. The highest BCUT2D eigenvalue weighted by Gasteiger charge is 2.14. The van der Waals surface area contributed by atoms with Crippen molar-refractivity contribution in [2.24, 2.45) is 0 Å². The van der Waals surface area contributed by atoms with Crippen LogP contribution in [0.5, 0.6) is 0 Å². The van der Waals surface area contributed by atoms with E-state index < -0.39 is 11.7 Å². The fraction of sp³-hybridized carbons (Fsp3) is 0.385.